The molecule has 0 unspecified atom stereocenters. The first-order valence-corrected chi connectivity index (χ1v) is 11.0. The first-order chi connectivity index (χ1) is 15.5. The number of H-pyrrole nitrogens is 1. The summed E-state index contributed by atoms with van der Waals surface area (Å²) < 4.78 is 1.81. The lowest BCUT2D eigenvalue weighted by Crippen LogP contribution is -2.24. The molecule has 2 N–H and O–H groups in total. The summed E-state index contributed by atoms with van der Waals surface area (Å²) in [6, 6.07) is 8.99. The number of aryl methyl sites for hydroxylation is 3. The van der Waals surface area contributed by atoms with Gasteiger partial charge in [-0.05, 0) is 69.4 Å². The van der Waals surface area contributed by atoms with E-state index in [2.05, 4.69) is 15.3 Å². The summed E-state index contributed by atoms with van der Waals surface area (Å²) in [7, 11) is 0. The van der Waals surface area contributed by atoms with E-state index in [4.69, 9.17) is 0 Å². The van der Waals surface area contributed by atoms with E-state index in [0.717, 1.165) is 47.9 Å². The van der Waals surface area contributed by atoms with Crippen molar-refractivity contribution in [3.8, 4) is 0 Å². The Morgan fingerprint density at radius 1 is 1.09 bits per heavy atom. The van der Waals surface area contributed by atoms with Gasteiger partial charge in [0, 0.05) is 35.1 Å². The lowest BCUT2D eigenvalue weighted by atomic mass is 9.90. The second kappa shape index (κ2) is 7.75. The summed E-state index contributed by atoms with van der Waals surface area (Å²) in [5, 5.41) is 4.25. The Balaban J connectivity index is 1.54. The summed E-state index contributed by atoms with van der Waals surface area (Å²) in [5.74, 6) is -0.487. The second-order valence-corrected chi connectivity index (χ2v) is 8.31. The maximum Gasteiger partial charge on any atom is 0.261 e. The summed E-state index contributed by atoms with van der Waals surface area (Å²) in [4.78, 5) is 45.9. The topological polar surface area (TPSA) is 96.9 Å². The van der Waals surface area contributed by atoms with Crippen LogP contribution < -0.4 is 16.3 Å². The third-order valence-corrected chi connectivity index (χ3v) is 6.24. The molecule has 1 aromatic carbocycles. The van der Waals surface area contributed by atoms with Crippen LogP contribution in [0.4, 0.5) is 5.69 Å². The van der Waals surface area contributed by atoms with Gasteiger partial charge in [-0.25, -0.2) is 4.98 Å². The zero-order valence-corrected chi connectivity index (χ0v) is 18.1. The summed E-state index contributed by atoms with van der Waals surface area (Å²) >= 11 is 0. The monoisotopic (exact) mass is 428 g/mol. The highest BCUT2D eigenvalue weighted by molar-refractivity contribution is 6.06. The van der Waals surface area contributed by atoms with Crippen molar-refractivity contribution in [2.24, 2.45) is 0 Å². The van der Waals surface area contributed by atoms with Crippen molar-refractivity contribution in [1.29, 1.82) is 0 Å². The van der Waals surface area contributed by atoms with Gasteiger partial charge in [0.15, 0.2) is 0 Å². The SMILES string of the molecule is CCn1cc(C(=O)Nc2ccc3c4c(c(=O)[nH]c3c2)CCCC4)c(=O)c2ccc(C)nc21. The van der Waals surface area contributed by atoms with Gasteiger partial charge in [-0.2, -0.15) is 0 Å². The van der Waals surface area contributed by atoms with Gasteiger partial charge in [0.05, 0.1) is 10.9 Å². The lowest BCUT2D eigenvalue weighted by Gasteiger charge is -2.17. The molecule has 1 aliphatic carbocycles. The predicted molar refractivity (Wildman–Crippen MR) is 126 cm³/mol. The Bertz CT molecular complexity index is 1510. The Kier molecular flexibility index (Phi) is 4.89. The molecule has 0 bridgehead atoms. The number of carbonyl (C=O) groups is 1. The number of aromatic nitrogens is 3. The first kappa shape index (κ1) is 20.2. The molecule has 7 nitrogen and oxygen atoms in total. The minimum atomic E-state index is -0.487. The number of nitrogens with one attached hydrogen (secondary N) is 2. The highest BCUT2D eigenvalue weighted by Crippen LogP contribution is 2.27. The molecule has 0 saturated heterocycles. The van der Waals surface area contributed by atoms with Gasteiger partial charge in [-0.15, -0.1) is 0 Å². The number of aromatic amines is 1. The largest absolute Gasteiger partial charge is 0.332 e. The van der Waals surface area contributed by atoms with Crippen LogP contribution in [0.1, 0.15) is 46.9 Å². The van der Waals surface area contributed by atoms with Crippen LogP contribution >= 0.6 is 0 Å². The predicted octanol–water partition coefficient (Wildman–Crippen LogP) is 3.70. The Labute approximate surface area is 184 Å². The Morgan fingerprint density at radius 3 is 2.62 bits per heavy atom. The molecule has 0 radical (unpaired) electrons. The fourth-order valence-corrected chi connectivity index (χ4v) is 4.60. The van der Waals surface area contributed by atoms with E-state index in [1.165, 1.54) is 0 Å². The molecular weight excluding hydrogens is 404 g/mol. The van der Waals surface area contributed by atoms with Gasteiger partial charge in [0.25, 0.3) is 11.5 Å². The first-order valence-electron chi connectivity index (χ1n) is 11.0. The van der Waals surface area contributed by atoms with Crippen LogP contribution in [-0.2, 0) is 19.4 Å². The number of anilines is 1. The van der Waals surface area contributed by atoms with Crippen LogP contribution in [0.3, 0.4) is 0 Å². The number of rotatable bonds is 3. The normalized spacial score (nSPS) is 13.3. The van der Waals surface area contributed by atoms with Gasteiger partial charge in [-0.1, -0.05) is 6.07 Å². The quantitative estimate of drug-likeness (QED) is 0.520. The Hall–Kier alpha value is -3.74. The van der Waals surface area contributed by atoms with Crippen LogP contribution in [0.15, 0.2) is 46.1 Å². The smallest absolute Gasteiger partial charge is 0.261 e. The molecule has 0 saturated carbocycles. The molecule has 3 heterocycles. The van der Waals surface area contributed by atoms with Crippen molar-refractivity contribution >= 4 is 33.5 Å². The summed E-state index contributed by atoms with van der Waals surface area (Å²) in [5.41, 5.74) is 4.24. The lowest BCUT2D eigenvalue weighted by molar-refractivity contribution is 0.102. The van der Waals surface area contributed by atoms with E-state index in [0.29, 0.717) is 28.8 Å². The average molecular weight is 428 g/mol. The van der Waals surface area contributed by atoms with Crippen molar-refractivity contribution in [3.63, 3.8) is 0 Å². The van der Waals surface area contributed by atoms with E-state index in [-0.39, 0.29) is 16.6 Å². The van der Waals surface area contributed by atoms with Crippen LogP contribution in [0.5, 0.6) is 0 Å². The number of fused-ring (bicyclic) bond motifs is 4. The van der Waals surface area contributed by atoms with Crippen LogP contribution in [0.25, 0.3) is 21.9 Å². The fraction of sp³-hybridized carbons (Fsp3) is 0.280. The fourth-order valence-electron chi connectivity index (χ4n) is 4.60. The van der Waals surface area contributed by atoms with Crippen molar-refractivity contribution < 1.29 is 4.79 Å². The standard InChI is InChI=1S/C25H24N4O3/c1-3-29-13-20(22(30)19-10-8-14(2)26-23(19)29)25(32)27-15-9-11-17-16-6-4-5-7-18(16)24(31)28-21(17)12-15/h8-13H,3-7H2,1-2H3,(H,27,32)(H,28,31). The van der Waals surface area contributed by atoms with Crippen LogP contribution in [0, 0.1) is 6.92 Å². The van der Waals surface area contributed by atoms with E-state index in [9.17, 15) is 14.4 Å². The molecule has 1 aliphatic rings. The minimum absolute atomic E-state index is 0.0566. The third kappa shape index (κ3) is 3.30. The Morgan fingerprint density at radius 2 is 1.84 bits per heavy atom. The average Bonchev–Trinajstić information content (AvgIpc) is 2.79. The van der Waals surface area contributed by atoms with E-state index in [1.807, 2.05) is 30.5 Å². The molecule has 7 heteroatoms. The van der Waals surface area contributed by atoms with Crippen molar-refractivity contribution in [2.75, 3.05) is 5.32 Å². The van der Waals surface area contributed by atoms with Gasteiger partial charge in [0.1, 0.15) is 11.2 Å². The molecule has 3 aromatic heterocycles. The molecule has 4 aromatic rings. The van der Waals surface area contributed by atoms with Gasteiger partial charge in [0.2, 0.25) is 5.43 Å². The maximum atomic E-state index is 13.0. The molecule has 32 heavy (non-hydrogen) atoms. The molecule has 1 amide bonds. The highest BCUT2D eigenvalue weighted by Gasteiger charge is 2.19. The molecule has 0 fully saturated rings. The van der Waals surface area contributed by atoms with E-state index in [1.54, 1.807) is 24.4 Å². The molecule has 5 rings (SSSR count). The van der Waals surface area contributed by atoms with Gasteiger partial charge in [-0.3, -0.25) is 14.4 Å². The molecule has 162 valence electrons. The number of carbonyl (C=O) groups excluding carboxylic acids is 1. The van der Waals surface area contributed by atoms with E-state index < -0.39 is 5.91 Å². The number of nitrogens with zero attached hydrogens (tertiary/aromatic N) is 2. The highest BCUT2D eigenvalue weighted by atomic mass is 16.2. The minimum Gasteiger partial charge on any atom is -0.332 e. The molecule has 0 atom stereocenters. The van der Waals surface area contributed by atoms with Crippen LogP contribution in [0.2, 0.25) is 0 Å². The maximum absolute atomic E-state index is 13.0. The summed E-state index contributed by atoms with van der Waals surface area (Å²) in [6.07, 6.45) is 5.36. The number of hydrogen-bond acceptors (Lipinski definition) is 4. The number of benzene rings is 1. The van der Waals surface area contributed by atoms with Crippen LogP contribution in [-0.4, -0.2) is 20.4 Å². The van der Waals surface area contributed by atoms with Crippen molar-refractivity contribution in [1.82, 2.24) is 14.5 Å². The molecule has 0 spiro atoms. The second-order valence-electron chi connectivity index (χ2n) is 8.31. The number of pyridine rings is 3. The summed E-state index contributed by atoms with van der Waals surface area (Å²) in [6.45, 7) is 4.39. The number of hydrogen-bond donors (Lipinski definition) is 2. The van der Waals surface area contributed by atoms with Crippen molar-refractivity contribution in [2.45, 2.75) is 46.1 Å². The molecule has 0 aliphatic heterocycles. The number of amides is 1. The molecular formula is C25H24N4O3. The third-order valence-electron chi connectivity index (χ3n) is 6.24. The zero-order valence-electron chi connectivity index (χ0n) is 18.1. The van der Waals surface area contributed by atoms with Gasteiger partial charge < -0.3 is 14.9 Å². The van der Waals surface area contributed by atoms with E-state index >= 15 is 0 Å². The van der Waals surface area contributed by atoms with Gasteiger partial charge >= 0.3 is 0 Å². The van der Waals surface area contributed by atoms with Crippen molar-refractivity contribution in [3.05, 3.63) is 79.5 Å². The zero-order chi connectivity index (χ0) is 22.4.